The lowest BCUT2D eigenvalue weighted by atomic mass is 10.3. The molecule has 0 spiro atoms. The van der Waals surface area contributed by atoms with Crippen LogP contribution in [0.1, 0.15) is 23.1 Å². The number of hydrogen-bond acceptors (Lipinski definition) is 4. The molecule has 0 atom stereocenters. The Kier molecular flexibility index (Phi) is 2.76. The fourth-order valence-electron chi connectivity index (χ4n) is 0.685. The number of aryl methyl sites for hydroxylation is 1. The van der Waals surface area contributed by atoms with Gasteiger partial charge in [0.05, 0.1) is 12.3 Å². The maximum atomic E-state index is 11.1. The van der Waals surface area contributed by atoms with Gasteiger partial charge in [-0.15, -0.1) is 0 Å². The van der Waals surface area contributed by atoms with Crippen LogP contribution in [-0.4, -0.2) is 27.9 Å². The van der Waals surface area contributed by atoms with Gasteiger partial charge < -0.3 is 0 Å². The smallest absolute Gasteiger partial charge is 0.274 e. The summed E-state index contributed by atoms with van der Waals surface area (Å²) in [5.41, 5.74) is 3.02. The third-order valence-electron chi connectivity index (χ3n) is 1.25. The highest BCUT2D eigenvalue weighted by atomic mass is 16.6. The molecule has 1 rings (SSSR count). The van der Waals surface area contributed by atoms with E-state index in [9.17, 15) is 4.79 Å². The number of aromatic amines is 1. The third kappa shape index (κ3) is 1.79. The Bertz CT molecular complexity index is 270. The average molecular weight is 170 g/mol. The number of hydrogen-bond donors (Lipinski definition) is 2. The molecule has 0 unspecified atom stereocenters. The van der Waals surface area contributed by atoms with E-state index in [2.05, 4.69) is 20.9 Å². The highest BCUT2D eigenvalue weighted by Gasteiger charge is 2.12. The summed E-state index contributed by atoms with van der Waals surface area (Å²) >= 11 is 0. The second kappa shape index (κ2) is 3.82. The molecule has 0 aliphatic heterocycles. The van der Waals surface area contributed by atoms with Crippen molar-refractivity contribution in [2.45, 2.75) is 13.8 Å². The van der Waals surface area contributed by atoms with Gasteiger partial charge in [0, 0.05) is 0 Å². The molecule has 1 aromatic heterocycles. The number of hydroxylamine groups is 1. The Morgan fingerprint density at radius 1 is 1.67 bits per heavy atom. The number of nitrogens with one attached hydrogen (secondary N) is 2. The van der Waals surface area contributed by atoms with E-state index in [1.54, 1.807) is 13.8 Å². The number of rotatable bonds is 3. The van der Waals surface area contributed by atoms with E-state index >= 15 is 0 Å². The van der Waals surface area contributed by atoms with Crippen LogP contribution < -0.4 is 5.48 Å². The number of H-pyrrole nitrogens is 1. The molecular formula is C6H10N4O2. The normalized spacial score (nSPS) is 9.83. The van der Waals surface area contributed by atoms with Gasteiger partial charge >= 0.3 is 0 Å². The van der Waals surface area contributed by atoms with Crippen LogP contribution in [0.4, 0.5) is 0 Å². The predicted octanol–water partition coefficient (Wildman–Crippen LogP) is -0.206. The molecular weight excluding hydrogens is 160 g/mol. The summed E-state index contributed by atoms with van der Waals surface area (Å²) in [6.07, 6.45) is 0. The van der Waals surface area contributed by atoms with Gasteiger partial charge in [0.25, 0.3) is 5.91 Å². The number of carbonyl (C=O) groups is 1. The molecule has 0 saturated carbocycles. The van der Waals surface area contributed by atoms with Gasteiger partial charge in [-0.2, -0.15) is 15.4 Å². The zero-order valence-electron chi connectivity index (χ0n) is 6.92. The van der Waals surface area contributed by atoms with Crippen LogP contribution in [0.25, 0.3) is 0 Å². The van der Waals surface area contributed by atoms with Crippen LogP contribution in [0.15, 0.2) is 0 Å². The van der Waals surface area contributed by atoms with Crippen molar-refractivity contribution >= 4 is 5.91 Å². The molecule has 12 heavy (non-hydrogen) atoms. The van der Waals surface area contributed by atoms with Crippen molar-refractivity contribution in [1.82, 2.24) is 20.9 Å². The van der Waals surface area contributed by atoms with E-state index < -0.39 is 0 Å². The van der Waals surface area contributed by atoms with Crippen molar-refractivity contribution in [3.63, 3.8) is 0 Å². The van der Waals surface area contributed by atoms with Crippen molar-refractivity contribution in [2.75, 3.05) is 6.61 Å². The van der Waals surface area contributed by atoms with Crippen molar-refractivity contribution < 1.29 is 9.63 Å². The maximum absolute atomic E-state index is 11.1. The molecule has 0 bridgehead atoms. The fraction of sp³-hybridized carbons (Fsp3) is 0.500. The van der Waals surface area contributed by atoms with Crippen molar-refractivity contribution in [1.29, 1.82) is 0 Å². The van der Waals surface area contributed by atoms with E-state index in [0.29, 0.717) is 12.3 Å². The average Bonchev–Trinajstić information content (AvgIpc) is 2.47. The topological polar surface area (TPSA) is 79.9 Å². The quantitative estimate of drug-likeness (QED) is 0.615. The van der Waals surface area contributed by atoms with Crippen LogP contribution >= 0.6 is 0 Å². The van der Waals surface area contributed by atoms with Crippen LogP contribution in [0.5, 0.6) is 0 Å². The minimum atomic E-state index is -0.386. The standard InChI is InChI=1S/C6H10N4O2/c1-3-12-9-6(11)5-4(2)7-10-8-5/h3H2,1-2H3,(H,9,11)(H,7,8,10). The highest BCUT2D eigenvalue weighted by Crippen LogP contribution is 1.96. The molecule has 2 N–H and O–H groups in total. The van der Waals surface area contributed by atoms with Crippen molar-refractivity contribution in [3.8, 4) is 0 Å². The van der Waals surface area contributed by atoms with Crippen LogP contribution in [-0.2, 0) is 4.84 Å². The van der Waals surface area contributed by atoms with Gasteiger partial charge in [-0.05, 0) is 13.8 Å². The SMILES string of the molecule is CCONC(=O)c1n[nH]nc1C. The van der Waals surface area contributed by atoms with Crippen molar-refractivity contribution in [3.05, 3.63) is 11.4 Å². The highest BCUT2D eigenvalue weighted by molar-refractivity contribution is 5.92. The zero-order chi connectivity index (χ0) is 8.97. The van der Waals surface area contributed by atoms with E-state index in [0.717, 1.165) is 0 Å². The zero-order valence-corrected chi connectivity index (χ0v) is 6.92. The molecule has 6 heteroatoms. The Labute approximate surface area is 69.3 Å². The van der Waals surface area contributed by atoms with Gasteiger partial charge in [0.2, 0.25) is 0 Å². The molecule has 0 saturated heterocycles. The fourth-order valence-corrected chi connectivity index (χ4v) is 0.685. The Hall–Kier alpha value is -1.43. The van der Waals surface area contributed by atoms with Crippen LogP contribution in [0.2, 0.25) is 0 Å². The molecule has 6 nitrogen and oxygen atoms in total. The molecule has 1 aromatic rings. The summed E-state index contributed by atoms with van der Waals surface area (Å²) in [6, 6.07) is 0. The molecule has 1 amide bonds. The van der Waals surface area contributed by atoms with E-state index in [1.165, 1.54) is 0 Å². The summed E-state index contributed by atoms with van der Waals surface area (Å²) in [7, 11) is 0. The summed E-state index contributed by atoms with van der Waals surface area (Å²) in [5.74, 6) is -0.386. The Morgan fingerprint density at radius 2 is 2.42 bits per heavy atom. The second-order valence-electron chi connectivity index (χ2n) is 2.12. The first-order valence-corrected chi connectivity index (χ1v) is 3.55. The summed E-state index contributed by atoms with van der Waals surface area (Å²) < 4.78 is 0. The molecule has 66 valence electrons. The number of nitrogens with zero attached hydrogens (tertiary/aromatic N) is 2. The van der Waals surface area contributed by atoms with Gasteiger partial charge in [0.1, 0.15) is 0 Å². The predicted molar refractivity (Wildman–Crippen MR) is 40.2 cm³/mol. The largest absolute Gasteiger partial charge is 0.297 e. The van der Waals surface area contributed by atoms with Crippen LogP contribution in [0.3, 0.4) is 0 Å². The first-order chi connectivity index (χ1) is 5.75. The molecule has 0 aliphatic rings. The van der Waals surface area contributed by atoms with E-state index in [1.807, 2.05) is 0 Å². The van der Waals surface area contributed by atoms with Gasteiger partial charge in [0.15, 0.2) is 5.69 Å². The Morgan fingerprint density at radius 3 is 2.92 bits per heavy atom. The monoisotopic (exact) mass is 170 g/mol. The van der Waals surface area contributed by atoms with Crippen molar-refractivity contribution in [2.24, 2.45) is 0 Å². The number of carbonyl (C=O) groups excluding carboxylic acids is 1. The summed E-state index contributed by atoms with van der Waals surface area (Å²) in [4.78, 5) is 15.8. The molecule has 1 heterocycles. The van der Waals surface area contributed by atoms with E-state index in [4.69, 9.17) is 4.84 Å². The van der Waals surface area contributed by atoms with E-state index in [-0.39, 0.29) is 11.6 Å². The summed E-state index contributed by atoms with van der Waals surface area (Å²) in [6.45, 7) is 3.88. The maximum Gasteiger partial charge on any atom is 0.297 e. The summed E-state index contributed by atoms with van der Waals surface area (Å²) in [5, 5.41) is 9.67. The molecule has 0 aliphatic carbocycles. The van der Waals surface area contributed by atoms with Gasteiger partial charge in [-0.1, -0.05) is 0 Å². The molecule has 0 radical (unpaired) electrons. The molecule has 0 aromatic carbocycles. The number of aromatic nitrogens is 3. The lowest BCUT2D eigenvalue weighted by molar-refractivity contribution is 0.0359. The first-order valence-electron chi connectivity index (χ1n) is 3.55. The van der Waals surface area contributed by atoms with Gasteiger partial charge in [-0.25, -0.2) is 5.48 Å². The lowest BCUT2D eigenvalue weighted by Gasteiger charge is -1.99. The van der Waals surface area contributed by atoms with Gasteiger partial charge in [-0.3, -0.25) is 9.63 Å². The third-order valence-corrected chi connectivity index (χ3v) is 1.25. The minimum Gasteiger partial charge on any atom is -0.274 e. The minimum absolute atomic E-state index is 0.253. The molecule has 0 fully saturated rings. The first kappa shape index (κ1) is 8.66. The Balaban J connectivity index is 2.59. The number of amides is 1. The van der Waals surface area contributed by atoms with Crippen LogP contribution in [0, 0.1) is 6.92 Å². The lowest BCUT2D eigenvalue weighted by Crippen LogP contribution is -2.24. The second-order valence-corrected chi connectivity index (χ2v) is 2.12.